The van der Waals surface area contributed by atoms with Gasteiger partial charge in [0.1, 0.15) is 11.1 Å². The third kappa shape index (κ3) is 3.81. The zero-order valence-electron chi connectivity index (χ0n) is 11.2. The highest BCUT2D eigenvalue weighted by Crippen LogP contribution is 2.21. The number of carbonyl (C=O) groups excluding carboxylic acids is 1. The predicted octanol–water partition coefficient (Wildman–Crippen LogP) is 3.01. The van der Waals surface area contributed by atoms with Gasteiger partial charge in [-0.1, -0.05) is 41.9 Å². The molecular weight excluding hydrogens is 274 g/mol. The van der Waals surface area contributed by atoms with E-state index in [-0.39, 0.29) is 16.3 Å². The first-order chi connectivity index (χ1) is 9.51. The fourth-order valence-electron chi connectivity index (χ4n) is 1.48. The molecule has 0 bridgehead atoms. The number of nitrogens with zero attached hydrogens (tertiary/aromatic N) is 2. The van der Waals surface area contributed by atoms with Crippen LogP contribution in [-0.4, -0.2) is 11.6 Å². The second-order valence-electron chi connectivity index (χ2n) is 4.00. The fourth-order valence-corrected chi connectivity index (χ4v) is 1.63. The molecule has 4 nitrogen and oxygen atoms in total. The van der Waals surface area contributed by atoms with Gasteiger partial charge >= 0.3 is 0 Å². The Kier molecular flexibility index (Phi) is 5.70. The highest BCUT2D eigenvalue weighted by molar-refractivity contribution is 6.46. The minimum absolute atomic E-state index is 0.0184. The SMILES string of the molecule is CC(=NC(=O)C(Cl)=C(C)c1ccccc1)C(C#N)=CN. The van der Waals surface area contributed by atoms with Crippen LogP contribution in [0.25, 0.3) is 5.57 Å². The van der Waals surface area contributed by atoms with E-state index in [9.17, 15) is 4.79 Å². The van der Waals surface area contributed by atoms with E-state index < -0.39 is 5.91 Å². The van der Waals surface area contributed by atoms with Crippen molar-refractivity contribution in [2.75, 3.05) is 0 Å². The molecule has 1 amide bonds. The summed E-state index contributed by atoms with van der Waals surface area (Å²) in [6.07, 6.45) is 1.10. The van der Waals surface area contributed by atoms with Gasteiger partial charge in [0, 0.05) is 6.20 Å². The number of rotatable bonds is 3. The van der Waals surface area contributed by atoms with Crippen LogP contribution in [-0.2, 0) is 4.79 Å². The van der Waals surface area contributed by atoms with E-state index in [1.165, 1.54) is 6.92 Å². The third-order valence-electron chi connectivity index (χ3n) is 2.67. The molecule has 0 aliphatic carbocycles. The zero-order valence-corrected chi connectivity index (χ0v) is 12.0. The van der Waals surface area contributed by atoms with Gasteiger partial charge in [0.2, 0.25) is 0 Å². The van der Waals surface area contributed by atoms with Crippen molar-refractivity contribution in [2.45, 2.75) is 13.8 Å². The molecule has 0 saturated carbocycles. The molecule has 20 heavy (non-hydrogen) atoms. The van der Waals surface area contributed by atoms with Crippen molar-refractivity contribution in [2.24, 2.45) is 10.7 Å². The van der Waals surface area contributed by atoms with Gasteiger partial charge in [0.15, 0.2) is 0 Å². The second-order valence-corrected chi connectivity index (χ2v) is 4.38. The molecule has 0 aliphatic heterocycles. The summed E-state index contributed by atoms with van der Waals surface area (Å²) in [5.41, 5.74) is 7.11. The zero-order chi connectivity index (χ0) is 15.1. The molecule has 0 saturated heterocycles. The first-order valence-electron chi connectivity index (χ1n) is 5.85. The summed E-state index contributed by atoms with van der Waals surface area (Å²) in [5, 5.41) is 8.82. The molecule has 0 unspecified atom stereocenters. The Morgan fingerprint density at radius 1 is 1.35 bits per heavy atom. The molecule has 0 aliphatic rings. The summed E-state index contributed by atoms with van der Waals surface area (Å²) in [5.74, 6) is -0.597. The van der Waals surface area contributed by atoms with Crippen LogP contribution < -0.4 is 5.73 Å². The van der Waals surface area contributed by atoms with Gasteiger partial charge < -0.3 is 5.73 Å². The lowest BCUT2D eigenvalue weighted by atomic mass is 10.1. The van der Waals surface area contributed by atoms with E-state index in [1.54, 1.807) is 6.92 Å². The highest BCUT2D eigenvalue weighted by atomic mass is 35.5. The van der Waals surface area contributed by atoms with Gasteiger partial charge in [-0.2, -0.15) is 5.26 Å². The lowest BCUT2D eigenvalue weighted by molar-refractivity contribution is -0.113. The van der Waals surface area contributed by atoms with Gasteiger partial charge in [0.05, 0.1) is 11.3 Å². The molecule has 0 atom stereocenters. The third-order valence-corrected chi connectivity index (χ3v) is 3.12. The average Bonchev–Trinajstić information content (AvgIpc) is 2.47. The minimum Gasteiger partial charge on any atom is -0.403 e. The van der Waals surface area contributed by atoms with Gasteiger partial charge in [-0.05, 0) is 25.0 Å². The molecule has 0 spiro atoms. The van der Waals surface area contributed by atoms with E-state index in [0.29, 0.717) is 5.57 Å². The smallest absolute Gasteiger partial charge is 0.289 e. The first kappa shape index (κ1) is 15.7. The Hall–Kier alpha value is -2.38. The van der Waals surface area contributed by atoms with Crippen molar-refractivity contribution in [3.05, 3.63) is 52.7 Å². The van der Waals surface area contributed by atoms with Gasteiger partial charge in [-0.25, -0.2) is 4.99 Å². The topological polar surface area (TPSA) is 79.2 Å². The summed E-state index contributed by atoms with van der Waals surface area (Å²) in [6.45, 7) is 3.27. The van der Waals surface area contributed by atoms with Gasteiger partial charge in [-0.15, -0.1) is 0 Å². The number of hydrogen-bond acceptors (Lipinski definition) is 3. The van der Waals surface area contributed by atoms with Crippen molar-refractivity contribution >= 4 is 28.8 Å². The molecule has 102 valence electrons. The van der Waals surface area contributed by atoms with Crippen LogP contribution in [0.1, 0.15) is 19.4 Å². The Morgan fingerprint density at radius 3 is 2.45 bits per heavy atom. The van der Waals surface area contributed by atoms with Gasteiger partial charge in [-0.3, -0.25) is 4.79 Å². The minimum atomic E-state index is -0.597. The van der Waals surface area contributed by atoms with E-state index in [2.05, 4.69) is 4.99 Å². The van der Waals surface area contributed by atoms with Crippen LogP contribution in [0.2, 0.25) is 0 Å². The van der Waals surface area contributed by atoms with Crippen molar-refractivity contribution in [3.8, 4) is 6.07 Å². The normalized spacial score (nSPS) is 13.5. The lowest BCUT2D eigenvalue weighted by Gasteiger charge is -2.04. The average molecular weight is 288 g/mol. The number of allylic oxidation sites excluding steroid dienone is 2. The predicted molar refractivity (Wildman–Crippen MR) is 80.9 cm³/mol. The molecule has 0 radical (unpaired) electrons. The summed E-state index contributed by atoms with van der Waals surface area (Å²) in [4.78, 5) is 15.7. The standard InChI is InChI=1S/C15H14ClN3O/c1-10(12-6-4-3-5-7-12)14(16)15(20)19-11(2)13(8-17)9-18/h3-8H,17H2,1-2H3. The summed E-state index contributed by atoms with van der Waals surface area (Å²) < 4.78 is 0. The van der Waals surface area contributed by atoms with Gasteiger partial charge in [0.25, 0.3) is 5.91 Å². The Morgan fingerprint density at radius 2 is 1.95 bits per heavy atom. The monoisotopic (exact) mass is 287 g/mol. The van der Waals surface area contributed by atoms with Crippen LogP contribution in [0.5, 0.6) is 0 Å². The highest BCUT2D eigenvalue weighted by Gasteiger charge is 2.12. The fraction of sp³-hybridized carbons (Fsp3) is 0.133. The van der Waals surface area contributed by atoms with Crippen LogP contribution in [0.3, 0.4) is 0 Å². The maximum atomic E-state index is 11.9. The molecule has 5 heteroatoms. The number of halogens is 1. The molecule has 0 aromatic heterocycles. The molecule has 0 heterocycles. The van der Waals surface area contributed by atoms with Crippen molar-refractivity contribution in [1.82, 2.24) is 0 Å². The Balaban J connectivity index is 3.10. The molecule has 2 N–H and O–H groups in total. The van der Waals surface area contributed by atoms with Crippen LogP contribution in [0.15, 0.2) is 52.1 Å². The number of carbonyl (C=O) groups is 1. The number of nitrogens with two attached hydrogens (primary N) is 1. The lowest BCUT2D eigenvalue weighted by Crippen LogP contribution is -2.04. The second kappa shape index (κ2) is 7.27. The number of benzene rings is 1. The van der Waals surface area contributed by atoms with Crippen molar-refractivity contribution in [3.63, 3.8) is 0 Å². The van der Waals surface area contributed by atoms with E-state index in [1.807, 2.05) is 36.4 Å². The molecule has 0 fully saturated rings. The summed E-state index contributed by atoms with van der Waals surface area (Å²) in [6, 6.07) is 11.1. The quantitative estimate of drug-likeness (QED) is 0.527. The maximum absolute atomic E-state index is 11.9. The number of aliphatic imine (C=N–C) groups is 1. The van der Waals surface area contributed by atoms with Crippen molar-refractivity contribution in [1.29, 1.82) is 5.26 Å². The maximum Gasteiger partial charge on any atom is 0.289 e. The van der Waals surface area contributed by atoms with Crippen LogP contribution in [0, 0.1) is 11.3 Å². The van der Waals surface area contributed by atoms with Crippen molar-refractivity contribution < 1.29 is 4.79 Å². The van der Waals surface area contributed by atoms with Crippen LogP contribution >= 0.6 is 11.6 Å². The molecular formula is C15H14ClN3O. The Labute approximate surface area is 122 Å². The summed E-state index contributed by atoms with van der Waals surface area (Å²) in [7, 11) is 0. The largest absolute Gasteiger partial charge is 0.403 e. The number of amides is 1. The van der Waals surface area contributed by atoms with Crippen LogP contribution in [0.4, 0.5) is 0 Å². The van der Waals surface area contributed by atoms with E-state index in [0.717, 1.165) is 11.8 Å². The summed E-state index contributed by atoms with van der Waals surface area (Å²) >= 11 is 6.04. The molecule has 1 aromatic rings. The van der Waals surface area contributed by atoms with E-state index >= 15 is 0 Å². The molecule has 1 aromatic carbocycles. The Bertz CT molecular complexity index is 637. The first-order valence-corrected chi connectivity index (χ1v) is 6.22. The number of nitriles is 1. The van der Waals surface area contributed by atoms with E-state index in [4.69, 9.17) is 22.6 Å². The number of hydrogen-bond donors (Lipinski definition) is 1. The molecule has 1 rings (SSSR count).